The Bertz CT molecular complexity index is 526. The Balaban J connectivity index is 3.59. The van der Waals surface area contributed by atoms with Crippen LogP contribution in [-0.2, 0) is 0 Å². The van der Waals surface area contributed by atoms with Crippen LogP contribution in [0.3, 0.4) is 0 Å². The first kappa shape index (κ1) is 13.5. The number of hydrogen-bond donors (Lipinski definition) is 1. The Kier molecular flexibility index (Phi) is 4.50. The van der Waals surface area contributed by atoms with Gasteiger partial charge >= 0.3 is 0 Å². The first-order valence-electron chi connectivity index (χ1n) is 5.90. The number of benzene rings is 1. The molecule has 0 atom stereocenters. The second-order valence-corrected chi connectivity index (χ2v) is 4.50. The predicted molar refractivity (Wildman–Crippen MR) is 72.0 cm³/mol. The Morgan fingerprint density at radius 1 is 1.47 bits per heavy atom. The lowest BCUT2D eigenvalue weighted by Crippen LogP contribution is -2.32. The summed E-state index contributed by atoms with van der Waals surface area (Å²) < 4.78 is 13.3. The molecule has 0 heterocycles. The van der Waals surface area contributed by atoms with E-state index in [9.17, 15) is 4.39 Å². The normalized spacial score (nSPS) is 14.1. The van der Waals surface area contributed by atoms with Gasteiger partial charge in [0.05, 0.1) is 0 Å². The highest BCUT2D eigenvalue weighted by Gasteiger charge is 2.01. The van der Waals surface area contributed by atoms with E-state index in [0.29, 0.717) is 0 Å². The number of allylic oxidation sites excluding steroid dienone is 1. The van der Waals surface area contributed by atoms with Crippen molar-refractivity contribution < 1.29 is 4.39 Å². The Morgan fingerprint density at radius 2 is 2.12 bits per heavy atom. The van der Waals surface area contributed by atoms with Gasteiger partial charge in [-0.15, -0.1) is 0 Å². The molecular weight excluding hydrogens is 213 g/mol. The highest BCUT2D eigenvalue weighted by molar-refractivity contribution is 5.50. The zero-order chi connectivity index (χ0) is 13.0. The van der Waals surface area contributed by atoms with Gasteiger partial charge in [0.1, 0.15) is 5.82 Å². The SMILES string of the molecule is C=C(/C=c1/cc(F)cc/c1=C(/N)C(C)C)CC. The summed E-state index contributed by atoms with van der Waals surface area (Å²) in [7, 11) is 0. The molecule has 1 nitrogen and oxygen atoms in total. The van der Waals surface area contributed by atoms with E-state index in [-0.39, 0.29) is 11.7 Å². The molecule has 1 rings (SSSR count). The van der Waals surface area contributed by atoms with Gasteiger partial charge in [-0.05, 0) is 35.8 Å². The van der Waals surface area contributed by atoms with E-state index in [0.717, 1.165) is 28.1 Å². The van der Waals surface area contributed by atoms with E-state index >= 15 is 0 Å². The molecule has 0 unspecified atom stereocenters. The van der Waals surface area contributed by atoms with Crippen molar-refractivity contribution in [3.63, 3.8) is 0 Å². The average molecular weight is 233 g/mol. The van der Waals surface area contributed by atoms with Crippen LogP contribution in [0.4, 0.5) is 4.39 Å². The summed E-state index contributed by atoms with van der Waals surface area (Å²) in [5.74, 6) is -0.0111. The van der Waals surface area contributed by atoms with Crippen molar-refractivity contribution in [2.45, 2.75) is 27.2 Å². The van der Waals surface area contributed by atoms with E-state index in [1.54, 1.807) is 6.07 Å². The van der Waals surface area contributed by atoms with Gasteiger partial charge in [0.2, 0.25) is 0 Å². The molecule has 2 heteroatoms. The maximum Gasteiger partial charge on any atom is 0.123 e. The molecule has 0 aliphatic heterocycles. The van der Waals surface area contributed by atoms with Crippen molar-refractivity contribution in [1.29, 1.82) is 0 Å². The van der Waals surface area contributed by atoms with Gasteiger partial charge in [0, 0.05) is 10.9 Å². The molecule has 1 aromatic rings. The van der Waals surface area contributed by atoms with Gasteiger partial charge in [-0.2, -0.15) is 0 Å². The second kappa shape index (κ2) is 5.67. The van der Waals surface area contributed by atoms with Crippen LogP contribution in [0, 0.1) is 11.7 Å². The molecule has 2 N–H and O–H groups in total. The van der Waals surface area contributed by atoms with Crippen molar-refractivity contribution in [1.82, 2.24) is 0 Å². The standard InChI is InChI=1S/C15H20FN/c1-5-11(4)8-12-9-13(16)6-7-14(12)15(17)10(2)3/h6-10H,4-5,17H2,1-3H3/b12-8-,15-14-. The van der Waals surface area contributed by atoms with Crippen LogP contribution < -0.4 is 16.2 Å². The average Bonchev–Trinajstić information content (AvgIpc) is 2.28. The third-order valence-electron chi connectivity index (χ3n) is 2.76. The third kappa shape index (κ3) is 3.45. The van der Waals surface area contributed by atoms with E-state index in [1.165, 1.54) is 12.1 Å². The van der Waals surface area contributed by atoms with Gasteiger partial charge in [-0.1, -0.05) is 39.0 Å². The summed E-state index contributed by atoms with van der Waals surface area (Å²) in [6, 6.07) is 4.68. The molecule has 0 bridgehead atoms. The largest absolute Gasteiger partial charge is 0.401 e. The lowest BCUT2D eigenvalue weighted by molar-refractivity contribution is 0.626. The van der Waals surface area contributed by atoms with Crippen LogP contribution in [0.2, 0.25) is 0 Å². The van der Waals surface area contributed by atoms with E-state index in [4.69, 9.17) is 5.73 Å². The van der Waals surface area contributed by atoms with Crippen LogP contribution in [0.5, 0.6) is 0 Å². The van der Waals surface area contributed by atoms with E-state index in [1.807, 2.05) is 26.8 Å². The van der Waals surface area contributed by atoms with Crippen LogP contribution in [0.1, 0.15) is 27.2 Å². The zero-order valence-corrected chi connectivity index (χ0v) is 10.8. The zero-order valence-electron chi connectivity index (χ0n) is 10.8. The molecule has 0 aliphatic rings. The molecule has 1 aromatic carbocycles. The Morgan fingerprint density at radius 3 is 2.65 bits per heavy atom. The van der Waals surface area contributed by atoms with Crippen molar-refractivity contribution in [2.75, 3.05) is 0 Å². The van der Waals surface area contributed by atoms with Crippen LogP contribution in [0.25, 0.3) is 11.8 Å². The number of rotatable bonds is 3. The lowest BCUT2D eigenvalue weighted by atomic mass is 10.1. The Labute approximate surface area is 102 Å². The summed E-state index contributed by atoms with van der Waals surface area (Å²) in [6.07, 6.45) is 2.74. The minimum atomic E-state index is -0.250. The van der Waals surface area contributed by atoms with Crippen molar-refractivity contribution in [2.24, 2.45) is 11.7 Å². The molecular formula is C15H20FN. The maximum absolute atomic E-state index is 13.3. The van der Waals surface area contributed by atoms with Crippen molar-refractivity contribution in [3.05, 3.63) is 46.6 Å². The van der Waals surface area contributed by atoms with Gasteiger partial charge in [0.15, 0.2) is 0 Å². The second-order valence-electron chi connectivity index (χ2n) is 4.50. The van der Waals surface area contributed by atoms with E-state index < -0.39 is 0 Å². The Hall–Kier alpha value is -1.57. The van der Waals surface area contributed by atoms with Crippen molar-refractivity contribution in [3.8, 4) is 0 Å². The van der Waals surface area contributed by atoms with Gasteiger partial charge in [-0.25, -0.2) is 4.39 Å². The number of nitrogens with two attached hydrogens (primary N) is 1. The van der Waals surface area contributed by atoms with Gasteiger partial charge in [0.25, 0.3) is 0 Å². The highest BCUT2D eigenvalue weighted by Crippen LogP contribution is 2.01. The first-order valence-corrected chi connectivity index (χ1v) is 5.90. The molecule has 0 fully saturated rings. The molecule has 0 amide bonds. The molecule has 0 aromatic heterocycles. The summed E-state index contributed by atoms with van der Waals surface area (Å²) in [6.45, 7) is 9.99. The molecule has 0 saturated carbocycles. The quantitative estimate of drug-likeness (QED) is 0.851. The van der Waals surface area contributed by atoms with Crippen LogP contribution in [-0.4, -0.2) is 0 Å². The fraction of sp³-hybridized carbons (Fsp3) is 0.333. The minimum absolute atomic E-state index is 0.238. The van der Waals surface area contributed by atoms with Gasteiger partial charge < -0.3 is 5.73 Å². The topological polar surface area (TPSA) is 26.0 Å². The minimum Gasteiger partial charge on any atom is -0.401 e. The van der Waals surface area contributed by atoms with E-state index in [2.05, 4.69) is 6.58 Å². The summed E-state index contributed by atoms with van der Waals surface area (Å²) in [5.41, 5.74) is 7.79. The number of halogens is 1. The summed E-state index contributed by atoms with van der Waals surface area (Å²) in [5, 5.41) is 1.71. The lowest BCUT2D eigenvalue weighted by Gasteiger charge is -2.06. The monoisotopic (exact) mass is 233 g/mol. The first-order chi connectivity index (χ1) is 7.95. The highest BCUT2D eigenvalue weighted by atomic mass is 19.1. The molecule has 0 aliphatic carbocycles. The van der Waals surface area contributed by atoms with Crippen LogP contribution >= 0.6 is 0 Å². The molecule has 17 heavy (non-hydrogen) atoms. The fourth-order valence-electron chi connectivity index (χ4n) is 1.55. The molecule has 0 saturated heterocycles. The third-order valence-corrected chi connectivity index (χ3v) is 2.76. The predicted octanol–water partition coefficient (Wildman–Crippen LogP) is 2.30. The summed E-state index contributed by atoms with van der Waals surface area (Å²) in [4.78, 5) is 0. The molecule has 92 valence electrons. The maximum atomic E-state index is 13.3. The van der Waals surface area contributed by atoms with Crippen molar-refractivity contribution >= 4 is 11.8 Å². The van der Waals surface area contributed by atoms with Crippen LogP contribution in [0.15, 0.2) is 30.4 Å². The number of hydrogen-bond acceptors (Lipinski definition) is 1. The molecule has 0 radical (unpaired) electrons. The molecule has 0 spiro atoms. The summed E-state index contributed by atoms with van der Waals surface area (Å²) >= 11 is 0. The fourth-order valence-corrected chi connectivity index (χ4v) is 1.55. The smallest absolute Gasteiger partial charge is 0.123 e. The van der Waals surface area contributed by atoms with Gasteiger partial charge in [-0.3, -0.25) is 0 Å².